The van der Waals surface area contributed by atoms with Gasteiger partial charge in [-0.05, 0) is 37.5 Å². The molecule has 1 heterocycles. The van der Waals surface area contributed by atoms with Gasteiger partial charge in [-0.15, -0.1) is 11.3 Å². The molecular formula is C13H20N2S. The van der Waals surface area contributed by atoms with Crippen LogP contribution < -0.4 is 5.32 Å². The van der Waals surface area contributed by atoms with Crippen molar-refractivity contribution in [1.29, 1.82) is 0 Å². The molecule has 2 saturated carbocycles. The highest BCUT2D eigenvalue weighted by Gasteiger charge is 2.41. The van der Waals surface area contributed by atoms with Crippen molar-refractivity contribution >= 4 is 11.3 Å². The minimum Gasteiger partial charge on any atom is -0.313 e. The van der Waals surface area contributed by atoms with Crippen LogP contribution in [0.4, 0.5) is 0 Å². The van der Waals surface area contributed by atoms with E-state index in [9.17, 15) is 0 Å². The summed E-state index contributed by atoms with van der Waals surface area (Å²) in [6.07, 6.45) is 7.75. The van der Waals surface area contributed by atoms with Crippen molar-refractivity contribution in [2.24, 2.45) is 11.8 Å². The van der Waals surface area contributed by atoms with Gasteiger partial charge in [-0.3, -0.25) is 0 Å². The van der Waals surface area contributed by atoms with E-state index in [-0.39, 0.29) is 0 Å². The van der Waals surface area contributed by atoms with E-state index in [0.717, 1.165) is 24.4 Å². The first kappa shape index (κ1) is 10.7. The maximum Gasteiger partial charge on any atom is 0.0965 e. The molecule has 88 valence electrons. The molecule has 0 saturated heterocycles. The van der Waals surface area contributed by atoms with Crippen LogP contribution in [0.15, 0.2) is 11.6 Å². The standard InChI is InChI=1S/C13H20N2S/c1-9(13-14-6-7-16-13)8-15-12(10-2-3-10)11-4-5-11/h6-7,9-12,15H,2-5,8H2,1H3. The van der Waals surface area contributed by atoms with Crippen LogP contribution >= 0.6 is 11.3 Å². The average molecular weight is 236 g/mol. The molecule has 0 bridgehead atoms. The fourth-order valence-corrected chi connectivity index (χ4v) is 3.21. The van der Waals surface area contributed by atoms with E-state index in [4.69, 9.17) is 0 Å². The van der Waals surface area contributed by atoms with Crippen molar-refractivity contribution < 1.29 is 0 Å². The van der Waals surface area contributed by atoms with E-state index in [0.29, 0.717) is 5.92 Å². The Morgan fingerprint density at radius 2 is 2.06 bits per heavy atom. The molecule has 2 aliphatic rings. The molecule has 1 unspecified atom stereocenters. The highest BCUT2D eigenvalue weighted by molar-refractivity contribution is 7.09. The fraction of sp³-hybridized carbons (Fsp3) is 0.769. The second-order valence-electron chi connectivity index (χ2n) is 5.38. The molecule has 2 nitrogen and oxygen atoms in total. The van der Waals surface area contributed by atoms with Gasteiger partial charge in [0, 0.05) is 30.1 Å². The van der Waals surface area contributed by atoms with Crippen molar-refractivity contribution in [1.82, 2.24) is 10.3 Å². The topological polar surface area (TPSA) is 24.9 Å². The number of thiazole rings is 1. The predicted molar refractivity (Wildman–Crippen MR) is 67.8 cm³/mol. The van der Waals surface area contributed by atoms with Gasteiger partial charge in [0.1, 0.15) is 0 Å². The first-order valence-corrected chi connectivity index (χ1v) is 7.35. The third-order valence-corrected chi connectivity index (χ3v) is 4.80. The van der Waals surface area contributed by atoms with Crippen LogP contribution in [-0.4, -0.2) is 17.6 Å². The molecule has 3 rings (SSSR count). The summed E-state index contributed by atoms with van der Waals surface area (Å²) in [7, 11) is 0. The quantitative estimate of drug-likeness (QED) is 0.821. The Bertz CT molecular complexity index is 316. The van der Waals surface area contributed by atoms with E-state index in [1.165, 1.54) is 30.7 Å². The molecule has 1 aromatic heterocycles. The van der Waals surface area contributed by atoms with Gasteiger partial charge in [0.15, 0.2) is 0 Å². The maximum atomic E-state index is 4.39. The van der Waals surface area contributed by atoms with E-state index >= 15 is 0 Å². The summed E-state index contributed by atoms with van der Waals surface area (Å²) in [5, 5.41) is 7.15. The number of nitrogens with one attached hydrogen (secondary N) is 1. The van der Waals surface area contributed by atoms with Gasteiger partial charge in [-0.25, -0.2) is 4.98 Å². The summed E-state index contributed by atoms with van der Waals surface area (Å²) < 4.78 is 0. The van der Waals surface area contributed by atoms with Crippen molar-refractivity contribution in [3.63, 3.8) is 0 Å². The predicted octanol–water partition coefficient (Wildman–Crippen LogP) is 3.02. The third kappa shape index (κ3) is 2.46. The number of hydrogen-bond donors (Lipinski definition) is 1. The van der Waals surface area contributed by atoms with Crippen LogP contribution in [0, 0.1) is 11.8 Å². The lowest BCUT2D eigenvalue weighted by Gasteiger charge is -2.19. The lowest BCUT2D eigenvalue weighted by molar-refractivity contribution is 0.406. The Labute approximate surface area is 101 Å². The third-order valence-electron chi connectivity index (χ3n) is 3.79. The smallest absolute Gasteiger partial charge is 0.0965 e. The van der Waals surface area contributed by atoms with E-state index < -0.39 is 0 Å². The minimum absolute atomic E-state index is 0.569. The summed E-state index contributed by atoms with van der Waals surface area (Å²) in [5.74, 6) is 2.56. The molecule has 0 aliphatic heterocycles. The average Bonchev–Trinajstić information content (AvgIpc) is 3.21. The molecule has 0 aromatic carbocycles. The molecule has 0 amide bonds. The van der Waals surface area contributed by atoms with Crippen LogP contribution in [0.25, 0.3) is 0 Å². The lowest BCUT2D eigenvalue weighted by Crippen LogP contribution is -2.35. The van der Waals surface area contributed by atoms with Gasteiger partial charge in [-0.1, -0.05) is 6.92 Å². The Balaban J connectivity index is 1.51. The monoisotopic (exact) mass is 236 g/mol. The van der Waals surface area contributed by atoms with Crippen molar-refractivity contribution in [3.05, 3.63) is 16.6 Å². The largest absolute Gasteiger partial charge is 0.313 e. The summed E-state index contributed by atoms with van der Waals surface area (Å²) >= 11 is 1.78. The lowest BCUT2D eigenvalue weighted by atomic mass is 10.1. The number of nitrogens with zero attached hydrogens (tertiary/aromatic N) is 1. The van der Waals surface area contributed by atoms with Crippen LogP contribution in [0.2, 0.25) is 0 Å². The van der Waals surface area contributed by atoms with Crippen molar-refractivity contribution in [2.45, 2.75) is 44.6 Å². The molecule has 0 radical (unpaired) electrons. The summed E-state index contributed by atoms with van der Waals surface area (Å²) in [6, 6.07) is 0.822. The molecule has 0 spiro atoms. The fourth-order valence-electron chi connectivity index (χ4n) is 2.51. The molecule has 16 heavy (non-hydrogen) atoms. The second kappa shape index (κ2) is 4.46. The zero-order valence-corrected chi connectivity index (χ0v) is 10.7. The first-order valence-electron chi connectivity index (χ1n) is 6.47. The van der Waals surface area contributed by atoms with Gasteiger partial charge in [0.05, 0.1) is 5.01 Å². The van der Waals surface area contributed by atoms with Gasteiger partial charge < -0.3 is 5.32 Å². The minimum atomic E-state index is 0.569. The molecule has 2 fully saturated rings. The van der Waals surface area contributed by atoms with Gasteiger partial charge in [-0.2, -0.15) is 0 Å². The van der Waals surface area contributed by atoms with E-state index in [1.54, 1.807) is 11.3 Å². The first-order chi connectivity index (χ1) is 7.84. The number of aromatic nitrogens is 1. The highest BCUT2D eigenvalue weighted by atomic mass is 32.1. The summed E-state index contributed by atoms with van der Waals surface area (Å²) in [4.78, 5) is 4.39. The van der Waals surface area contributed by atoms with Crippen molar-refractivity contribution in [2.75, 3.05) is 6.54 Å². The second-order valence-corrected chi connectivity index (χ2v) is 6.31. The molecule has 1 aromatic rings. The maximum absolute atomic E-state index is 4.39. The Morgan fingerprint density at radius 1 is 1.38 bits per heavy atom. The van der Waals surface area contributed by atoms with Crippen LogP contribution in [0.5, 0.6) is 0 Å². The Kier molecular flexibility index (Phi) is 2.99. The van der Waals surface area contributed by atoms with Crippen LogP contribution in [-0.2, 0) is 0 Å². The van der Waals surface area contributed by atoms with Gasteiger partial charge >= 0.3 is 0 Å². The van der Waals surface area contributed by atoms with Gasteiger partial charge in [0.2, 0.25) is 0 Å². The highest BCUT2D eigenvalue weighted by Crippen LogP contribution is 2.44. The Hall–Kier alpha value is -0.410. The molecule has 1 atom stereocenters. The Morgan fingerprint density at radius 3 is 2.56 bits per heavy atom. The number of hydrogen-bond acceptors (Lipinski definition) is 3. The number of rotatable bonds is 6. The zero-order chi connectivity index (χ0) is 11.0. The van der Waals surface area contributed by atoms with E-state index in [1.807, 2.05) is 6.20 Å². The van der Waals surface area contributed by atoms with Gasteiger partial charge in [0.25, 0.3) is 0 Å². The van der Waals surface area contributed by atoms with Crippen LogP contribution in [0.1, 0.15) is 43.5 Å². The summed E-state index contributed by atoms with van der Waals surface area (Å²) in [5.41, 5.74) is 0. The normalized spacial score (nSPS) is 22.6. The van der Waals surface area contributed by atoms with Crippen LogP contribution in [0.3, 0.4) is 0 Å². The molecular weight excluding hydrogens is 216 g/mol. The van der Waals surface area contributed by atoms with Crippen molar-refractivity contribution in [3.8, 4) is 0 Å². The molecule has 1 N–H and O–H groups in total. The molecule has 2 aliphatic carbocycles. The zero-order valence-electron chi connectivity index (χ0n) is 9.86. The van der Waals surface area contributed by atoms with E-state index in [2.05, 4.69) is 22.6 Å². The SMILES string of the molecule is CC(CNC(C1CC1)C1CC1)c1nccs1. The molecule has 3 heteroatoms. The summed E-state index contributed by atoms with van der Waals surface area (Å²) in [6.45, 7) is 3.38.